The zero-order chi connectivity index (χ0) is 16.9. The van der Waals surface area contributed by atoms with Crippen molar-refractivity contribution < 1.29 is 4.79 Å². The first-order chi connectivity index (χ1) is 11.6. The lowest BCUT2D eigenvalue weighted by Gasteiger charge is -2.22. The van der Waals surface area contributed by atoms with Gasteiger partial charge < -0.3 is 10.6 Å². The van der Waals surface area contributed by atoms with Gasteiger partial charge in [0.05, 0.1) is 22.8 Å². The van der Waals surface area contributed by atoms with Gasteiger partial charge in [-0.2, -0.15) is 16.9 Å². The van der Waals surface area contributed by atoms with Crippen molar-refractivity contribution in [1.29, 1.82) is 0 Å². The number of halogens is 2. The quantitative estimate of drug-likeness (QED) is 0.830. The SMILES string of the molecule is O=C(CC1CSCCN1)Nc1ccnn1Cc1cccc(Cl)c1Cl. The third kappa shape index (κ3) is 4.45. The largest absolute Gasteiger partial charge is 0.312 e. The predicted molar refractivity (Wildman–Crippen MR) is 100 cm³/mol. The Kier molecular flexibility index (Phi) is 6.05. The predicted octanol–water partition coefficient (Wildman–Crippen LogP) is 3.27. The van der Waals surface area contributed by atoms with Crippen LogP contribution in [0.3, 0.4) is 0 Å². The molecule has 1 aliphatic heterocycles. The Labute approximate surface area is 155 Å². The Hall–Kier alpha value is -1.21. The number of anilines is 1. The second-order valence-corrected chi connectivity index (χ2v) is 7.50. The highest BCUT2D eigenvalue weighted by molar-refractivity contribution is 7.99. The molecule has 1 atom stereocenters. The third-order valence-corrected chi connectivity index (χ3v) is 5.75. The highest BCUT2D eigenvalue weighted by Crippen LogP contribution is 2.26. The van der Waals surface area contributed by atoms with Gasteiger partial charge in [0.1, 0.15) is 5.82 Å². The van der Waals surface area contributed by atoms with E-state index in [2.05, 4.69) is 15.7 Å². The van der Waals surface area contributed by atoms with Crippen LogP contribution in [0, 0.1) is 0 Å². The molecule has 1 unspecified atom stereocenters. The van der Waals surface area contributed by atoms with E-state index in [1.165, 1.54) is 0 Å². The summed E-state index contributed by atoms with van der Waals surface area (Å²) in [6.45, 7) is 1.40. The van der Waals surface area contributed by atoms with Gasteiger partial charge in [-0.25, -0.2) is 4.68 Å². The number of amides is 1. The zero-order valence-corrected chi connectivity index (χ0v) is 15.3. The van der Waals surface area contributed by atoms with Crippen molar-refractivity contribution in [3.05, 3.63) is 46.1 Å². The van der Waals surface area contributed by atoms with Crippen LogP contribution in [-0.2, 0) is 11.3 Å². The first-order valence-corrected chi connectivity index (χ1v) is 9.60. The summed E-state index contributed by atoms with van der Waals surface area (Å²) in [5.41, 5.74) is 0.855. The number of nitrogens with one attached hydrogen (secondary N) is 2. The van der Waals surface area contributed by atoms with E-state index in [1.54, 1.807) is 23.0 Å². The second kappa shape index (κ2) is 8.25. The maximum atomic E-state index is 12.3. The van der Waals surface area contributed by atoms with Gasteiger partial charge in [0, 0.05) is 36.6 Å². The number of rotatable bonds is 5. The number of hydrogen-bond acceptors (Lipinski definition) is 4. The van der Waals surface area contributed by atoms with Crippen LogP contribution in [0.5, 0.6) is 0 Å². The van der Waals surface area contributed by atoms with E-state index in [0.717, 1.165) is 23.6 Å². The van der Waals surface area contributed by atoms with E-state index in [0.29, 0.717) is 28.8 Å². The molecule has 0 saturated carbocycles. The van der Waals surface area contributed by atoms with E-state index in [1.807, 2.05) is 23.9 Å². The summed E-state index contributed by atoms with van der Waals surface area (Å²) in [6.07, 6.45) is 2.11. The number of thioether (sulfide) groups is 1. The summed E-state index contributed by atoms with van der Waals surface area (Å²) in [5, 5.41) is 11.6. The summed E-state index contributed by atoms with van der Waals surface area (Å²) in [6, 6.07) is 7.48. The molecule has 1 saturated heterocycles. The summed E-state index contributed by atoms with van der Waals surface area (Å²) >= 11 is 14.1. The van der Waals surface area contributed by atoms with Crippen molar-refractivity contribution in [2.24, 2.45) is 0 Å². The molecular formula is C16H18Cl2N4OS. The van der Waals surface area contributed by atoms with Crippen LogP contribution in [0.2, 0.25) is 10.0 Å². The maximum Gasteiger partial charge on any atom is 0.227 e. The van der Waals surface area contributed by atoms with E-state index in [9.17, 15) is 4.79 Å². The molecule has 1 aliphatic rings. The van der Waals surface area contributed by atoms with Gasteiger partial charge in [-0.3, -0.25) is 4.79 Å². The molecule has 1 amide bonds. The Morgan fingerprint density at radius 2 is 2.29 bits per heavy atom. The molecule has 5 nitrogen and oxygen atoms in total. The Balaban J connectivity index is 1.64. The van der Waals surface area contributed by atoms with Gasteiger partial charge >= 0.3 is 0 Å². The summed E-state index contributed by atoms with van der Waals surface area (Å²) < 4.78 is 1.71. The topological polar surface area (TPSA) is 59.0 Å². The average Bonchev–Trinajstić information content (AvgIpc) is 2.99. The number of hydrogen-bond donors (Lipinski definition) is 2. The van der Waals surface area contributed by atoms with E-state index >= 15 is 0 Å². The third-order valence-electron chi connectivity index (χ3n) is 3.77. The van der Waals surface area contributed by atoms with Gasteiger partial charge in [-0.05, 0) is 11.6 Å². The average molecular weight is 385 g/mol. The van der Waals surface area contributed by atoms with Crippen LogP contribution in [-0.4, -0.2) is 39.8 Å². The minimum atomic E-state index is -0.0195. The van der Waals surface area contributed by atoms with E-state index < -0.39 is 0 Å². The molecule has 2 N–H and O–H groups in total. The van der Waals surface area contributed by atoms with Crippen LogP contribution < -0.4 is 10.6 Å². The molecule has 0 radical (unpaired) electrons. The molecule has 2 heterocycles. The fourth-order valence-corrected chi connectivity index (χ4v) is 3.89. The van der Waals surface area contributed by atoms with Crippen LogP contribution in [0.25, 0.3) is 0 Å². The van der Waals surface area contributed by atoms with Crippen molar-refractivity contribution in [2.75, 3.05) is 23.4 Å². The smallest absolute Gasteiger partial charge is 0.227 e. The normalized spacial score (nSPS) is 17.7. The summed E-state index contributed by atoms with van der Waals surface area (Å²) in [7, 11) is 0. The van der Waals surface area contributed by atoms with E-state index in [4.69, 9.17) is 23.2 Å². The first-order valence-electron chi connectivity index (χ1n) is 7.69. The number of carbonyl (C=O) groups excluding carboxylic acids is 1. The van der Waals surface area contributed by atoms with Crippen LogP contribution in [0.15, 0.2) is 30.5 Å². The van der Waals surface area contributed by atoms with Crippen molar-refractivity contribution >= 4 is 46.7 Å². The molecule has 1 aromatic heterocycles. The number of carbonyl (C=O) groups is 1. The Bertz CT molecular complexity index is 716. The van der Waals surface area contributed by atoms with Gasteiger partial charge in [-0.15, -0.1) is 0 Å². The summed E-state index contributed by atoms with van der Waals surface area (Å²) in [5.74, 6) is 2.70. The lowest BCUT2D eigenvalue weighted by atomic mass is 10.2. The first kappa shape index (κ1) is 17.6. The fourth-order valence-electron chi connectivity index (χ4n) is 2.57. The molecular weight excluding hydrogens is 367 g/mol. The molecule has 2 aromatic rings. The van der Waals surface area contributed by atoms with Crippen molar-refractivity contribution in [1.82, 2.24) is 15.1 Å². The zero-order valence-electron chi connectivity index (χ0n) is 13.0. The van der Waals surface area contributed by atoms with Crippen molar-refractivity contribution in [3.63, 3.8) is 0 Å². The number of aromatic nitrogens is 2. The molecule has 3 rings (SSSR count). The van der Waals surface area contributed by atoms with Crippen LogP contribution >= 0.6 is 35.0 Å². The minimum Gasteiger partial charge on any atom is -0.312 e. The Morgan fingerprint density at radius 1 is 1.42 bits per heavy atom. The number of benzene rings is 1. The molecule has 0 spiro atoms. The molecule has 1 aromatic carbocycles. The Morgan fingerprint density at radius 3 is 3.08 bits per heavy atom. The molecule has 0 aliphatic carbocycles. The van der Waals surface area contributed by atoms with Gasteiger partial charge in [0.15, 0.2) is 0 Å². The fraction of sp³-hybridized carbons (Fsp3) is 0.375. The van der Waals surface area contributed by atoms with Crippen LogP contribution in [0.1, 0.15) is 12.0 Å². The molecule has 128 valence electrons. The number of nitrogens with zero attached hydrogens (tertiary/aromatic N) is 2. The minimum absolute atomic E-state index is 0.0195. The molecule has 24 heavy (non-hydrogen) atoms. The van der Waals surface area contributed by atoms with Crippen molar-refractivity contribution in [3.8, 4) is 0 Å². The molecule has 1 fully saturated rings. The maximum absolute atomic E-state index is 12.3. The highest BCUT2D eigenvalue weighted by atomic mass is 35.5. The van der Waals surface area contributed by atoms with Gasteiger partial charge in [0.25, 0.3) is 0 Å². The molecule has 0 bridgehead atoms. The summed E-state index contributed by atoms with van der Waals surface area (Å²) in [4.78, 5) is 12.3. The van der Waals surface area contributed by atoms with Gasteiger partial charge in [0.2, 0.25) is 5.91 Å². The highest BCUT2D eigenvalue weighted by Gasteiger charge is 2.18. The lowest BCUT2D eigenvalue weighted by Crippen LogP contribution is -2.40. The van der Waals surface area contributed by atoms with Gasteiger partial charge in [-0.1, -0.05) is 35.3 Å². The van der Waals surface area contributed by atoms with Crippen molar-refractivity contribution in [2.45, 2.75) is 19.0 Å². The van der Waals surface area contributed by atoms with Crippen LogP contribution in [0.4, 0.5) is 5.82 Å². The lowest BCUT2D eigenvalue weighted by molar-refractivity contribution is -0.116. The monoisotopic (exact) mass is 384 g/mol. The van der Waals surface area contributed by atoms with E-state index in [-0.39, 0.29) is 11.9 Å². The molecule has 8 heteroatoms. The standard InChI is InChI=1S/C16H18Cl2N4OS/c17-13-3-1-2-11(16(13)18)9-22-14(4-5-20-22)21-15(23)8-12-10-24-7-6-19-12/h1-5,12,19H,6-10H2,(H,21,23). The second-order valence-electron chi connectivity index (χ2n) is 5.57.